The zero-order valence-corrected chi connectivity index (χ0v) is 14.1. The van der Waals surface area contributed by atoms with Crippen molar-refractivity contribution in [2.75, 3.05) is 0 Å². The van der Waals surface area contributed by atoms with Gasteiger partial charge in [-0.05, 0) is 32.3 Å². The Balaban J connectivity index is 1.99. The van der Waals surface area contributed by atoms with E-state index >= 15 is 0 Å². The number of allylic oxidation sites excluding steroid dienone is 2. The summed E-state index contributed by atoms with van der Waals surface area (Å²) in [4.78, 5) is 26.1. The molecule has 4 rings (SSSR count). The summed E-state index contributed by atoms with van der Waals surface area (Å²) < 4.78 is 6.22. The Labute approximate surface area is 136 Å². The van der Waals surface area contributed by atoms with Gasteiger partial charge in [0.1, 0.15) is 5.60 Å². The lowest BCUT2D eigenvalue weighted by Gasteiger charge is -2.39. The lowest BCUT2D eigenvalue weighted by molar-refractivity contribution is -0.00193. The van der Waals surface area contributed by atoms with Crippen LogP contribution < -0.4 is 0 Å². The van der Waals surface area contributed by atoms with E-state index in [1.165, 1.54) is 5.57 Å². The third kappa shape index (κ3) is 1.33. The maximum Gasteiger partial charge on any atom is 0.228 e. The lowest BCUT2D eigenvalue weighted by atomic mass is 9.63. The number of carbonyl (C=O) groups is 2. The third-order valence-corrected chi connectivity index (χ3v) is 6.72. The minimum absolute atomic E-state index is 0.0595. The minimum atomic E-state index is -0.630. The van der Waals surface area contributed by atoms with Crippen molar-refractivity contribution in [2.45, 2.75) is 40.2 Å². The van der Waals surface area contributed by atoms with Crippen LogP contribution in [0.15, 0.2) is 46.7 Å². The number of fused-ring (bicyclic) bond motifs is 3. The van der Waals surface area contributed by atoms with Gasteiger partial charge in [-0.3, -0.25) is 9.59 Å². The number of hydrogen-bond donors (Lipinski definition) is 0. The molecule has 1 heterocycles. The molecular weight excluding hydrogens is 288 g/mol. The largest absolute Gasteiger partial charge is 0.478 e. The van der Waals surface area contributed by atoms with E-state index in [0.29, 0.717) is 16.7 Å². The highest BCUT2D eigenvalue weighted by Crippen LogP contribution is 2.65. The predicted molar refractivity (Wildman–Crippen MR) is 87.3 cm³/mol. The molecule has 3 aliphatic rings. The van der Waals surface area contributed by atoms with E-state index in [9.17, 15) is 9.59 Å². The molecule has 23 heavy (non-hydrogen) atoms. The molecule has 118 valence electrons. The number of rotatable bonds is 0. The van der Waals surface area contributed by atoms with Gasteiger partial charge in [0, 0.05) is 16.5 Å². The van der Waals surface area contributed by atoms with Crippen LogP contribution in [0.5, 0.6) is 0 Å². The highest BCUT2D eigenvalue weighted by molar-refractivity contribution is 6.27. The molecule has 1 aromatic carbocycles. The van der Waals surface area contributed by atoms with Crippen LogP contribution in [-0.2, 0) is 4.74 Å². The molecule has 0 aromatic heterocycles. The normalized spacial score (nSPS) is 35.3. The van der Waals surface area contributed by atoms with E-state index in [2.05, 4.69) is 27.7 Å². The summed E-state index contributed by atoms with van der Waals surface area (Å²) in [6.45, 7) is 10.4. The molecule has 0 unspecified atom stereocenters. The van der Waals surface area contributed by atoms with E-state index in [1.54, 1.807) is 24.3 Å². The Bertz CT molecular complexity index is 857. The lowest BCUT2D eigenvalue weighted by Crippen LogP contribution is -2.44. The molecule has 3 nitrogen and oxygen atoms in total. The number of carbonyl (C=O) groups excluding carboxylic acids is 2. The van der Waals surface area contributed by atoms with Gasteiger partial charge in [-0.2, -0.15) is 0 Å². The first-order valence-corrected chi connectivity index (χ1v) is 8.05. The fraction of sp³-hybridized carbons (Fsp3) is 0.400. The topological polar surface area (TPSA) is 43.4 Å². The fourth-order valence-electron chi connectivity index (χ4n) is 4.70. The van der Waals surface area contributed by atoms with Gasteiger partial charge in [-0.1, -0.05) is 43.7 Å². The standard InChI is InChI=1S/C20H20O3/c1-10-11(2)19(4)15-16(21)13-8-6-7-9-14(13)17(22)18(15)23-20(19,5)12(10)3/h6-9,11H,1-5H3/t11-,19-,20-/m1/s1. The molecule has 0 saturated heterocycles. The smallest absolute Gasteiger partial charge is 0.228 e. The number of ether oxygens (including phenoxy) is 1. The molecule has 3 heteroatoms. The summed E-state index contributed by atoms with van der Waals surface area (Å²) >= 11 is 0. The van der Waals surface area contributed by atoms with E-state index in [4.69, 9.17) is 4.74 Å². The highest BCUT2D eigenvalue weighted by atomic mass is 16.5. The van der Waals surface area contributed by atoms with Gasteiger partial charge in [0.2, 0.25) is 5.78 Å². The maximum absolute atomic E-state index is 13.2. The quantitative estimate of drug-likeness (QED) is 0.678. The summed E-state index contributed by atoms with van der Waals surface area (Å²) in [6.07, 6.45) is 0. The molecule has 0 amide bonds. The molecule has 1 aliphatic heterocycles. The first-order chi connectivity index (χ1) is 10.7. The molecule has 0 fully saturated rings. The molecule has 0 bridgehead atoms. The van der Waals surface area contributed by atoms with Crippen molar-refractivity contribution in [1.29, 1.82) is 0 Å². The van der Waals surface area contributed by atoms with Gasteiger partial charge in [0.05, 0.1) is 5.57 Å². The second-order valence-electron chi connectivity index (χ2n) is 7.28. The summed E-state index contributed by atoms with van der Waals surface area (Å²) in [5.41, 5.74) is 2.76. The Morgan fingerprint density at radius 1 is 1.00 bits per heavy atom. The summed E-state index contributed by atoms with van der Waals surface area (Å²) in [6, 6.07) is 7.04. The average molecular weight is 308 g/mol. The fourth-order valence-corrected chi connectivity index (χ4v) is 4.70. The third-order valence-electron chi connectivity index (χ3n) is 6.72. The first-order valence-electron chi connectivity index (χ1n) is 8.05. The van der Waals surface area contributed by atoms with Gasteiger partial charge in [-0.15, -0.1) is 0 Å². The summed E-state index contributed by atoms with van der Waals surface area (Å²) in [7, 11) is 0. The second-order valence-corrected chi connectivity index (χ2v) is 7.28. The van der Waals surface area contributed by atoms with Gasteiger partial charge in [0.15, 0.2) is 11.5 Å². The number of Topliss-reactive ketones (excluding diaryl/α,β-unsaturated/α-hetero) is 2. The molecule has 3 atom stereocenters. The molecule has 0 N–H and O–H groups in total. The van der Waals surface area contributed by atoms with Crippen molar-refractivity contribution in [2.24, 2.45) is 11.3 Å². The van der Waals surface area contributed by atoms with E-state index < -0.39 is 11.0 Å². The van der Waals surface area contributed by atoms with Crippen LogP contribution >= 0.6 is 0 Å². The molecule has 1 aromatic rings. The molecule has 0 radical (unpaired) electrons. The Kier molecular flexibility index (Phi) is 2.52. The van der Waals surface area contributed by atoms with E-state index in [1.807, 2.05) is 6.92 Å². The van der Waals surface area contributed by atoms with Crippen molar-refractivity contribution < 1.29 is 14.3 Å². The van der Waals surface area contributed by atoms with Crippen LogP contribution in [-0.4, -0.2) is 17.2 Å². The molecule has 2 aliphatic carbocycles. The zero-order chi connectivity index (χ0) is 16.7. The Morgan fingerprint density at radius 3 is 2.17 bits per heavy atom. The van der Waals surface area contributed by atoms with Crippen LogP contribution in [0.1, 0.15) is 55.3 Å². The van der Waals surface area contributed by atoms with Crippen molar-refractivity contribution in [3.63, 3.8) is 0 Å². The molecular formula is C20H20O3. The number of benzene rings is 1. The van der Waals surface area contributed by atoms with Crippen molar-refractivity contribution in [1.82, 2.24) is 0 Å². The zero-order valence-electron chi connectivity index (χ0n) is 14.1. The van der Waals surface area contributed by atoms with Crippen LogP contribution in [0.2, 0.25) is 0 Å². The van der Waals surface area contributed by atoms with Crippen molar-refractivity contribution >= 4 is 11.6 Å². The summed E-state index contributed by atoms with van der Waals surface area (Å²) in [5, 5.41) is 0. The van der Waals surface area contributed by atoms with Crippen molar-refractivity contribution in [3.05, 3.63) is 57.9 Å². The summed E-state index contributed by atoms with van der Waals surface area (Å²) in [5.74, 6) is 0.194. The van der Waals surface area contributed by atoms with Crippen molar-refractivity contribution in [3.8, 4) is 0 Å². The van der Waals surface area contributed by atoms with Crippen LogP contribution in [0, 0.1) is 11.3 Å². The molecule has 0 saturated carbocycles. The first kappa shape index (κ1) is 14.4. The van der Waals surface area contributed by atoms with Gasteiger partial charge >= 0.3 is 0 Å². The SMILES string of the molecule is CC1=C(C)[C@@]2(C)OC3=C(C(=O)c4ccccc4C3=O)[C@@]2(C)[C@@H]1C. The maximum atomic E-state index is 13.2. The van der Waals surface area contributed by atoms with E-state index in [-0.39, 0.29) is 23.2 Å². The monoisotopic (exact) mass is 308 g/mol. The predicted octanol–water partition coefficient (Wildman–Crippen LogP) is 4.10. The highest BCUT2D eigenvalue weighted by Gasteiger charge is 2.67. The minimum Gasteiger partial charge on any atom is -0.478 e. The van der Waals surface area contributed by atoms with E-state index in [0.717, 1.165) is 5.57 Å². The second kappa shape index (κ2) is 4.02. The van der Waals surface area contributed by atoms with Crippen LogP contribution in [0.25, 0.3) is 0 Å². The molecule has 0 spiro atoms. The number of hydrogen-bond acceptors (Lipinski definition) is 3. The van der Waals surface area contributed by atoms with Crippen LogP contribution in [0.3, 0.4) is 0 Å². The Morgan fingerprint density at radius 2 is 1.57 bits per heavy atom. The van der Waals surface area contributed by atoms with Gasteiger partial charge in [-0.25, -0.2) is 0 Å². The number of ketones is 2. The van der Waals surface area contributed by atoms with Gasteiger partial charge < -0.3 is 4.74 Å². The Hall–Kier alpha value is -2.16. The van der Waals surface area contributed by atoms with Gasteiger partial charge in [0.25, 0.3) is 0 Å². The van der Waals surface area contributed by atoms with Crippen LogP contribution in [0.4, 0.5) is 0 Å². The average Bonchev–Trinajstić information content (AvgIpc) is 2.86.